The van der Waals surface area contributed by atoms with Gasteiger partial charge in [-0.25, -0.2) is 8.42 Å². The van der Waals surface area contributed by atoms with Gasteiger partial charge in [0.05, 0.1) is 16.5 Å². The Labute approximate surface area is 157 Å². The molecule has 1 fully saturated rings. The lowest BCUT2D eigenvalue weighted by molar-refractivity contribution is 0.600. The number of pyridine rings is 1. The van der Waals surface area contributed by atoms with Crippen molar-refractivity contribution in [3.05, 3.63) is 70.5 Å². The highest BCUT2D eigenvalue weighted by Gasteiger charge is 2.35. The highest BCUT2D eigenvalue weighted by Crippen LogP contribution is 2.30. The van der Waals surface area contributed by atoms with E-state index in [1.807, 2.05) is 36.4 Å². The summed E-state index contributed by atoms with van der Waals surface area (Å²) in [6.07, 6.45) is 1.44. The van der Waals surface area contributed by atoms with Crippen LogP contribution in [0.4, 0.5) is 11.4 Å². The van der Waals surface area contributed by atoms with Gasteiger partial charge in [-0.1, -0.05) is 24.3 Å². The van der Waals surface area contributed by atoms with Crippen molar-refractivity contribution >= 4 is 32.3 Å². The van der Waals surface area contributed by atoms with Crippen molar-refractivity contribution in [3.8, 4) is 0 Å². The number of fused-ring (bicyclic) bond motifs is 1. The van der Waals surface area contributed by atoms with Crippen LogP contribution >= 0.6 is 0 Å². The molecule has 2 aromatic carbocycles. The molecule has 1 heterocycles. The number of aromatic nitrogens is 1. The predicted octanol–water partition coefficient (Wildman–Crippen LogP) is 3.05. The Bertz CT molecular complexity index is 1160. The predicted molar refractivity (Wildman–Crippen MR) is 109 cm³/mol. The molecule has 1 aromatic heterocycles. The molecule has 0 spiro atoms. The Morgan fingerprint density at radius 1 is 1.04 bits per heavy atom. The first-order valence-electron chi connectivity index (χ1n) is 8.87. The second-order valence-electron chi connectivity index (χ2n) is 6.87. The van der Waals surface area contributed by atoms with E-state index in [1.165, 1.54) is 0 Å². The topological polar surface area (TPSA) is 80.2 Å². The van der Waals surface area contributed by atoms with Crippen LogP contribution in [0.2, 0.25) is 0 Å². The summed E-state index contributed by atoms with van der Waals surface area (Å²) >= 11 is 0. The molecule has 4 rings (SSSR count). The lowest BCUT2D eigenvalue weighted by atomic mass is 10.1. The minimum atomic E-state index is -3.29. The standard InChI is InChI=1S/C20H21N3O3S/c1-23-19-8-3-2-5-14(19)11-15(20(23)24)13-21-16-6-4-7-17(12-16)22-27(25,26)18-9-10-18/h2-8,11-12,18,21-22H,9-10,13H2,1H3. The van der Waals surface area contributed by atoms with Crippen LogP contribution < -0.4 is 15.6 Å². The smallest absolute Gasteiger partial charge is 0.255 e. The van der Waals surface area contributed by atoms with Crippen molar-refractivity contribution in [2.75, 3.05) is 10.0 Å². The SMILES string of the molecule is Cn1c(=O)c(CNc2cccc(NS(=O)(=O)C3CC3)c2)cc2ccccc21. The quantitative estimate of drug-likeness (QED) is 0.686. The number of benzene rings is 2. The fourth-order valence-electron chi connectivity index (χ4n) is 3.13. The van der Waals surface area contributed by atoms with Crippen molar-refractivity contribution in [1.82, 2.24) is 4.57 Å². The molecule has 0 bridgehead atoms. The van der Waals surface area contributed by atoms with Crippen molar-refractivity contribution in [1.29, 1.82) is 0 Å². The first kappa shape index (κ1) is 17.6. The number of nitrogens with one attached hydrogen (secondary N) is 2. The van der Waals surface area contributed by atoms with Crippen LogP contribution in [0.15, 0.2) is 59.4 Å². The van der Waals surface area contributed by atoms with Crippen molar-refractivity contribution in [2.45, 2.75) is 24.6 Å². The average molecular weight is 383 g/mol. The van der Waals surface area contributed by atoms with E-state index in [9.17, 15) is 13.2 Å². The van der Waals surface area contributed by atoms with E-state index in [-0.39, 0.29) is 10.8 Å². The Balaban J connectivity index is 1.54. The minimum absolute atomic E-state index is 0.0493. The summed E-state index contributed by atoms with van der Waals surface area (Å²) in [7, 11) is -1.53. The lowest BCUT2D eigenvalue weighted by Crippen LogP contribution is -2.23. The molecular formula is C20H21N3O3S. The molecule has 1 aliphatic rings. The molecule has 0 unspecified atom stereocenters. The van der Waals surface area contributed by atoms with Crippen LogP contribution in [0.5, 0.6) is 0 Å². The largest absolute Gasteiger partial charge is 0.381 e. The van der Waals surface area contributed by atoms with Crippen LogP contribution in [0, 0.1) is 0 Å². The molecule has 3 aromatic rings. The zero-order valence-corrected chi connectivity index (χ0v) is 15.8. The van der Waals surface area contributed by atoms with Crippen molar-refractivity contribution in [3.63, 3.8) is 0 Å². The van der Waals surface area contributed by atoms with Gasteiger partial charge in [0.15, 0.2) is 0 Å². The van der Waals surface area contributed by atoms with Gasteiger partial charge in [0.25, 0.3) is 5.56 Å². The molecule has 6 nitrogen and oxygen atoms in total. The molecule has 1 aliphatic carbocycles. The first-order valence-corrected chi connectivity index (χ1v) is 10.4. The Morgan fingerprint density at radius 3 is 2.56 bits per heavy atom. The van der Waals surface area contributed by atoms with Gasteiger partial charge in [-0.15, -0.1) is 0 Å². The van der Waals surface area contributed by atoms with Gasteiger partial charge < -0.3 is 9.88 Å². The molecule has 1 saturated carbocycles. The van der Waals surface area contributed by atoms with Crippen LogP contribution in [0.1, 0.15) is 18.4 Å². The number of anilines is 2. The van der Waals surface area contributed by atoms with Crippen LogP contribution in [-0.4, -0.2) is 18.2 Å². The monoisotopic (exact) mass is 383 g/mol. The third-order valence-electron chi connectivity index (χ3n) is 4.78. The fraction of sp³-hybridized carbons (Fsp3) is 0.250. The second kappa shape index (κ2) is 6.74. The lowest BCUT2D eigenvalue weighted by Gasteiger charge is -2.12. The number of hydrogen-bond acceptors (Lipinski definition) is 4. The van der Waals surface area contributed by atoms with E-state index in [4.69, 9.17) is 0 Å². The summed E-state index contributed by atoms with van der Waals surface area (Å²) in [6.45, 7) is 0.357. The van der Waals surface area contributed by atoms with Crippen LogP contribution in [0.25, 0.3) is 10.9 Å². The van der Waals surface area contributed by atoms with Gasteiger partial charge in [-0.3, -0.25) is 9.52 Å². The van der Waals surface area contributed by atoms with Gasteiger partial charge in [-0.05, 0) is 48.6 Å². The molecule has 0 radical (unpaired) electrons. The van der Waals surface area contributed by atoms with Crippen molar-refractivity contribution in [2.24, 2.45) is 7.05 Å². The number of rotatable bonds is 6. The molecule has 0 atom stereocenters. The van der Waals surface area contributed by atoms with Gasteiger partial charge in [0.2, 0.25) is 10.0 Å². The first-order chi connectivity index (χ1) is 12.9. The zero-order valence-electron chi connectivity index (χ0n) is 15.0. The number of aryl methyl sites for hydroxylation is 1. The van der Waals surface area contributed by atoms with E-state index in [0.717, 1.165) is 29.4 Å². The summed E-state index contributed by atoms with van der Waals surface area (Å²) in [4.78, 5) is 12.6. The fourth-order valence-corrected chi connectivity index (χ4v) is 4.51. The van der Waals surface area contributed by atoms with E-state index in [2.05, 4.69) is 10.0 Å². The molecule has 0 amide bonds. The molecule has 2 N–H and O–H groups in total. The van der Waals surface area contributed by atoms with Crippen LogP contribution in [-0.2, 0) is 23.6 Å². The molecule has 27 heavy (non-hydrogen) atoms. The number of nitrogens with zero attached hydrogens (tertiary/aromatic N) is 1. The average Bonchev–Trinajstić information content (AvgIpc) is 3.49. The summed E-state index contributed by atoms with van der Waals surface area (Å²) < 4.78 is 28.4. The summed E-state index contributed by atoms with van der Waals surface area (Å²) in [5.74, 6) is 0. The summed E-state index contributed by atoms with van der Waals surface area (Å²) in [5, 5.41) is 3.95. The maximum absolute atomic E-state index is 12.6. The van der Waals surface area contributed by atoms with E-state index >= 15 is 0 Å². The highest BCUT2D eigenvalue weighted by atomic mass is 32.2. The van der Waals surface area contributed by atoms with Gasteiger partial charge in [0, 0.05) is 24.8 Å². The third-order valence-corrected chi connectivity index (χ3v) is 6.65. The Morgan fingerprint density at radius 2 is 1.78 bits per heavy atom. The summed E-state index contributed by atoms with van der Waals surface area (Å²) in [6, 6.07) is 16.7. The van der Waals surface area contributed by atoms with E-state index in [0.29, 0.717) is 17.8 Å². The van der Waals surface area contributed by atoms with Gasteiger partial charge >= 0.3 is 0 Å². The van der Waals surface area contributed by atoms with E-state index < -0.39 is 10.0 Å². The minimum Gasteiger partial charge on any atom is -0.381 e. The normalized spacial score (nSPS) is 14.3. The number of hydrogen-bond donors (Lipinski definition) is 2. The maximum atomic E-state index is 12.6. The molecule has 0 aliphatic heterocycles. The van der Waals surface area contributed by atoms with Crippen molar-refractivity contribution < 1.29 is 8.42 Å². The highest BCUT2D eigenvalue weighted by molar-refractivity contribution is 7.93. The number of para-hydroxylation sites is 1. The summed E-state index contributed by atoms with van der Waals surface area (Å²) in [5.41, 5.74) is 2.77. The van der Waals surface area contributed by atoms with Gasteiger partial charge in [-0.2, -0.15) is 0 Å². The molecule has 7 heteroatoms. The van der Waals surface area contributed by atoms with Gasteiger partial charge in [0.1, 0.15) is 0 Å². The number of sulfonamides is 1. The second-order valence-corrected chi connectivity index (χ2v) is 8.83. The zero-order chi connectivity index (χ0) is 19.0. The molecule has 0 saturated heterocycles. The van der Waals surface area contributed by atoms with E-state index in [1.54, 1.807) is 29.8 Å². The Hall–Kier alpha value is -2.80. The molecular weight excluding hydrogens is 362 g/mol. The maximum Gasteiger partial charge on any atom is 0.255 e. The molecule has 140 valence electrons. The Kier molecular flexibility index (Phi) is 4.39. The third kappa shape index (κ3) is 3.68. The van der Waals surface area contributed by atoms with Crippen LogP contribution in [0.3, 0.4) is 0 Å².